The van der Waals surface area contributed by atoms with Crippen molar-refractivity contribution in [3.8, 4) is 11.8 Å². The van der Waals surface area contributed by atoms with E-state index >= 15 is 0 Å². The molecule has 0 N–H and O–H groups in total. The normalized spacial score (nSPS) is 12.2. The van der Waals surface area contributed by atoms with Crippen LogP contribution in [0.2, 0.25) is 0 Å². The van der Waals surface area contributed by atoms with Gasteiger partial charge in [-0.1, -0.05) is 18.2 Å². The van der Waals surface area contributed by atoms with E-state index in [1.807, 2.05) is 43.1 Å². The Morgan fingerprint density at radius 2 is 2.13 bits per heavy atom. The molecule has 1 rings (SSSR count). The van der Waals surface area contributed by atoms with E-state index in [2.05, 4.69) is 6.07 Å². The Labute approximate surface area is 90.9 Å². The van der Waals surface area contributed by atoms with Crippen LogP contribution in [-0.4, -0.2) is 25.1 Å². The molecule has 3 heteroatoms. The first-order valence-electron chi connectivity index (χ1n) is 4.90. The van der Waals surface area contributed by atoms with Crippen molar-refractivity contribution in [2.45, 2.75) is 19.5 Å². The second-order valence-corrected chi connectivity index (χ2v) is 3.53. The van der Waals surface area contributed by atoms with E-state index in [1.165, 1.54) is 0 Å². The first-order valence-corrected chi connectivity index (χ1v) is 4.90. The highest BCUT2D eigenvalue weighted by atomic mass is 16.5. The zero-order valence-corrected chi connectivity index (χ0v) is 9.40. The number of nitrogens with zero attached hydrogens (tertiary/aromatic N) is 2. The average Bonchev–Trinajstić information content (AvgIpc) is 2.28. The van der Waals surface area contributed by atoms with Crippen LogP contribution in [0.25, 0.3) is 0 Å². The summed E-state index contributed by atoms with van der Waals surface area (Å²) in [6.07, 6.45) is 0. The Morgan fingerprint density at radius 3 is 2.73 bits per heavy atom. The van der Waals surface area contributed by atoms with E-state index in [9.17, 15) is 0 Å². The topological polar surface area (TPSA) is 36.3 Å². The predicted octanol–water partition coefficient (Wildman–Crippen LogP) is 2.04. The third-order valence-electron chi connectivity index (χ3n) is 2.46. The van der Waals surface area contributed by atoms with Crippen molar-refractivity contribution in [3.63, 3.8) is 0 Å². The molecular formula is C12H16N2O. The van der Waals surface area contributed by atoms with Crippen molar-refractivity contribution in [1.82, 2.24) is 4.90 Å². The quantitative estimate of drug-likeness (QED) is 0.753. The van der Waals surface area contributed by atoms with E-state index in [0.717, 1.165) is 17.9 Å². The van der Waals surface area contributed by atoms with Gasteiger partial charge in [-0.05, 0) is 20.0 Å². The van der Waals surface area contributed by atoms with Gasteiger partial charge in [0, 0.05) is 12.1 Å². The van der Waals surface area contributed by atoms with Gasteiger partial charge in [0.2, 0.25) is 0 Å². The number of rotatable bonds is 4. The minimum Gasteiger partial charge on any atom is -0.496 e. The molecule has 0 amide bonds. The fourth-order valence-corrected chi connectivity index (χ4v) is 1.34. The van der Waals surface area contributed by atoms with E-state index in [4.69, 9.17) is 10.00 Å². The summed E-state index contributed by atoms with van der Waals surface area (Å²) in [6.45, 7) is 2.61. The summed E-state index contributed by atoms with van der Waals surface area (Å²) in [7, 11) is 3.59. The highest BCUT2D eigenvalue weighted by Crippen LogP contribution is 2.19. The number of benzene rings is 1. The molecule has 0 bridgehead atoms. The van der Waals surface area contributed by atoms with Crippen molar-refractivity contribution < 1.29 is 4.74 Å². The summed E-state index contributed by atoms with van der Waals surface area (Å²) in [6, 6.07) is 9.98. The average molecular weight is 204 g/mol. The Bertz CT molecular complexity index is 357. The maximum absolute atomic E-state index is 8.79. The molecule has 0 aliphatic heterocycles. The number of ether oxygens (including phenoxy) is 1. The Hall–Kier alpha value is -1.53. The van der Waals surface area contributed by atoms with E-state index in [-0.39, 0.29) is 6.04 Å². The fourth-order valence-electron chi connectivity index (χ4n) is 1.34. The lowest BCUT2D eigenvalue weighted by molar-refractivity contribution is 0.288. The summed E-state index contributed by atoms with van der Waals surface area (Å²) in [5, 5.41) is 8.79. The zero-order valence-electron chi connectivity index (χ0n) is 9.40. The minimum atomic E-state index is -0.0880. The van der Waals surface area contributed by atoms with Crippen LogP contribution in [0.1, 0.15) is 12.5 Å². The monoisotopic (exact) mass is 204 g/mol. The molecule has 0 saturated heterocycles. The van der Waals surface area contributed by atoms with Gasteiger partial charge >= 0.3 is 0 Å². The van der Waals surface area contributed by atoms with Crippen LogP contribution in [0, 0.1) is 11.3 Å². The number of hydrogen-bond donors (Lipinski definition) is 0. The molecule has 3 nitrogen and oxygen atoms in total. The molecule has 1 aromatic rings. The van der Waals surface area contributed by atoms with Gasteiger partial charge in [-0.2, -0.15) is 5.26 Å². The molecule has 1 unspecified atom stereocenters. The van der Waals surface area contributed by atoms with Crippen LogP contribution in [0.5, 0.6) is 5.75 Å². The Balaban J connectivity index is 2.76. The standard InChI is InChI=1S/C12H16N2O/c1-10(8-13)14(2)9-11-6-4-5-7-12(11)15-3/h4-7,10H,9H2,1-3H3. The molecule has 0 aliphatic carbocycles. The molecule has 0 spiro atoms. The van der Waals surface area contributed by atoms with Crippen LogP contribution in [0.15, 0.2) is 24.3 Å². The lowest BCUT2D eigenvalue weighted by atomic mass is 10.1. The zero-order chi connectivity index (χ0) is 11.3. The van der Waals surface area contributed by atoms with Gasteiger partial charge in [-0.15, -0.1) is 0 Å². The van der Waals surface area contributed by atoms with Crippen LogP contribution in [0.4, 0.5) is 0 Å². The van der Waals surface area contributed by atoms with Crippen LogP contribution in [-0.2, 0) is 6.54 Å². The van der Waals surface area contributed by atoms with Crippen molar-refractivity contribution in [2.24, 2.45) is 0 Å². The number of methoxy groups -OCH3 is 1. The predicted molar refractivity (Wildman–Crippen MR) is 59.5 cm³/mol. The van der Waals surface area contributed by atoms with Crippen molar-refractivity contribution in [3.05, 3.63) is 29.8 Å². The SMILES string of the molecule is COc1ccccc1CN(C)C(C)C#N. The van der Waals surface area contributed by atoms with Gasteiger partial charge in [0.15, 0.2) is 0 Å². The molecule has 0 fully saturated rings. The lowest BCUT2D eigenvalue weighted by Crippen LogP contribution is -2.27. The molecule has 1 atom stereocenters. The second-order valence-electron chi connectivity index (χ2n) is 3.53. The first-order chi connectivity index (χ1) is 7.19. The lowest BCUT2D eigenvalue weighted by Gasteiger charge is -2.20. The summed E-state index contributed by atoms with van der Waals surface area (Å²) < 4.78 is 5.25. The molecule has 0 saturated carbocycles. The molecule has 80 valence electrons. The maximum Gasteiger partial charge on any atom is 0.123 e. The highest BCUT2D eigenvalue weighted by molar-refractivity contribution is 5.33. The Morgan fingerprint density at radius 1 is 1.47 bits per heavy atom. The number of nitriles is 1. The van der Waals surface area contributed by atoms with E-state index in [0.29, 0.717) is 0 Å². The van der Waals surface area contributed by atoms with Gasteiger partial charge in [0.1, 0.15) is 5.75 Å². The molecule has 15 heavy (non-hydrogen) atoms. The van der Waals surface area contributed by atoms with Crippen molar-refractivity contribution in [2.75, 3.05) is 14.2 Å². The molecule has 0 aromatic heterocycles. The summed E-state index contributed by atoms with van der Waals surface area (Å²) in [4.78, 5) is 1.98. The number of para-hydroxylation sites is 1. The fraction of sp³-hybridized carbons (Fsp3) is 0.417. The molecule has 0 radical (unpaired) electrons. The molecule has 0 aliphatic rings. The highest BCUT2D eigenvalue weighted by Gasteiger charge is 2.10. The maximum atomic E-state index is 8.79. The third-order valence-corrected chi connectivity index (χ3v) is 2.46. The second kappa shape index (κ2) is 5.38. The van der Waals surface area contributed by atoms with Gasteiger partial charge in [-0.25, -0.2) is 0 Å². The van der Waals surface area contributed by atoms with Crippen LogP contribution in [0.3, 0.4) is 0 Å². The van der Waals surface area contributed by atoms with Gasteiger partial charge in [-0.3, -0.25) is 4.90 Å². The van der Waals surface area contributed by atoms with Crippen molar-refractivity contribution in [1.29, 1.82) is 5.26 Å². The van der Waals surface area contributed by atoms with Gasteiger partial charge in [0.25, 0.3) is 0 Å². The molecule has 1 aromatic carbocycles. The first kappa shape index (κ1) is 11.5. The van der Waals surface area contributed by atoms with Gasteiger partial charge < -0.3 is 4.74 Å². The third kappa shape index (κ3) is 2.97. The van der Waals surface area contributed by atoms with Crippen LogP contribution >= 0.6 is 0 Å². The molecular weight excluding hydrogens is 188 g/mol. The van der Waals surface area contributed by atoms with Crippen molar-refractivity contribution >= 4 is 0 Å². The summed E-state index contributed by atoms with van der Waals surface area (Å²) in [5.41, 5.74) is 1.10. The molecule has 0 heterocycles. The van der Waals surface area contributed by atoms with E-state index in [1.54, 1.807) is 7.11 Å². The minimum absolute atomic E-state index is 0.0880. The largest absolute Gasteiger partial charge is 0.496 e. The van der Waals surface area contributed by atoms with Crippen LogP contribution < -0.4 is 4.74 Å². The Kier molecular flexibility index (Phi) is 4.14. The summed E-state index contributed by atoms with van der Waals surface area (Å²) >= 11 is 0. The van der Waals surface area contributed by atoms with Gasteiger partial charge in [0.05, 0.1) is 19.2 Å². The summed E-state index contributed by atoms with van der Waals surface area (Å²) in [5.74, 6) is 0.870. The number of hydrogen-bond acceptors (Lipinski definition) is 3. The van der Waals surface area contributed by atoms with E-state index < -0.39 is 0 Å². The smallest absolute Gasteiger partial charge is 0.123 e.